The molecule has 0 bridgehead atoms. The molecule has 4 N–H and O–H groups in total. The third kappa shape index (κ3) is 3.42. The van der Waals surface area contributed by atoms with Crippen LogP contribution < -0.4 is 15.8 Å². The van der Waals surface area contributed by atoms with Gasteiger partial charge in [-0.15, -0.1) is 0 Å². The first-order valence-electron chi connectivity index (χ1n) is 5.68. The molecule has 6 heteroatoms. The first-order chi connectivity index (χ1) is 8.12. The van der Waals surface area contributed by atoms with Gasteiger partial charge in [0, 0.05) is 24.8 Å². The second-order valence-electron chi connectivity index (χ2n) is 4.14. The molecular formula is C11H17N3O2S. The van der Waals surface area contributed by atoms with Crippen molar-refractivity contribution in [1.82, 2.24) is 4.72 Å². The van der Waals surface area contributed by atoms with Gasteiger partial charge in [0.25, 0.3) is 0 Å². The van der Waals surface area contributed by atoms with Crippen LogP contribution in [0.3, 0.4) is 0 Å². The molecule has 1 fully saturated rings. The quantitative estimate of drug-likeness (QED) is 0.691. The maximum atomic E-state index is 11.9. The zero-order chi connectivity index (χ0) is 12.3. The zero-order valence-corrected chi connectivity index (χ0v) is 10.3. The van der Waals surface area contributed by atoms with Gasteiger partial charge in [0.15, 0.2) is 0 Å². The summed E-state index contributed by atoms with van der Waals surface area (Å²) in [6, 6.07) is 6.83. The molecule has 0 amide bonds. The third-order valence-corrected chi connectivity index (χ3v) is 4.07. The number of rotatable bonds is 6. The molecule has 1 saturated carbocycles. The molecule has 0 radical (unpaired) electrons. The van der Waals surface area contributed by atoms with Crippen molar-refractivity contribution in [3.63, 3.8) is 0 Å². The summed E-state index contributed by atoms with van der Waals surface area (Å²) in [5.41, 5.74) is 6.24. The first-order valence-corrected chi connectivity index (χ1v) is 7.16. The summed E-state index contributed by atoms with van der Waals surface area (Å²) < 4.78 is 26.4. The van der Waals surface area contributed by atoms with E-state index < -0.39 is 10.0 Å². The fourth-order valence-electron chi connectivity index (χ4n) is 1.46. The molecule has 1 aliphatic carbocycles. The highest BCUT2D eigenvalue weighted by molar-refractivity contribution is 7.89. The van der Waals surface area contributed by atoms with Crippen molar-refractivity contribution in [2.45, 2.75) is 23.8 Å². The van der Waals surface area contributed by atoms with Gasteiger partial charge in [-0.2, -0.15) is 0 Å². The molecule has 0 unspecified atom stereocenters. The molecule has 94 valence electrons. The monoisotopic (exact) mass is 255 g/mol. The molecule has 1 aromatic carbocycles. The fourth-order valence-corrected chi connectivity index (χ4v) is 2.76. The van der Waals surface area contributed by atoms with Crippen LogP contribution in [0.5, 0.6) is 0 Å². The highest BCUT2D eigenvalue weighted by atomic mass is 32.2. The number of nitrogens with one attached hydrogen (secondary N) is 2. The highest BCUT2D eigenvalue weighted by Gasteiger charge is 2.27. The Hall–Kier alpha value is -1.11. The van der Waals surface area contributed by atoms with Crippen molar-refractivity contribution in [3.8, 4) is 0 Å². The number of benzene rings is 1. The number of hydrogen-bond acceptors (Lipinski definition) is 4. The minimum absolute atomic E-state index is 0.134. The minimum Gasteiger partial charge on any atom is -0.384 e. The molecule has 0 atom stereocenters. The molecule has 0 spiro atoms. The van der Waals surface area contributed by atoms with E-state index in [0.717, 1.165) is 18.5 Å². The van der Waals surface area contributed by atoms with Crippen molar-refractivity contribution in [2.24, 2.45) is 5.73 Å². The van der Waals surface area contributed by atoms with E-state index in [0.29, 0.717) is 18.0 Å². The number of sulfonamides is 1. The van der Waals surface area contributed by atoms with E-state index in [2.05, 4.69) is 10.0 Å². The Morgan fingerprint density at radius 3 is 2.41 bits per heavy atom. The van der Waals surface area contributed by atoms with Gasteiger partial charge in [-0.3, -0.25) is 0 Å². The van der Waals surface area contributed by atoms with Gasteiger partial charge in [-0.1, -0.05) is 0 Å². The predicted octanol–water partition coefficient (Wildman–Crippen LogP) is 0.498. The van der Waals surface area contributed by atoms with E-state index in [4.69, 9.17) is 5.73 Å². The maximum Gasteiger partial charge on any atom is 0.240 e. The molecule has 0 aromatic heterocycles. The SMILES string of the molecule is NCCNc1ccc(S(=O)(=O)NC2CC2)cc1. The summed E-state index contributed by atoms with van der Waals surface area (Å²) in [4.78, 5) is 0.308. The Morgan fingerprint density at radius 2 is 1.88 bits per heavy atom. The average molecular weight is 255 g/mol. The van der Waals surface area contributed by atoms with Gasteiger partial charge in [-0.25, -0.2) is 13.1 Å². The Morgan fingerprint density at radius 1 is 1.24 bits per heavy atom. The van der Waals surface area contributed by atoms with Gasteiger partial charge in [0.05, 0.1) is 4.90 Å². The zero-order valence-electron chi connectivity index (χ0n) is 9.52. The minimum atomic E-state index is -3.34. The van der Waals surface area contributed by atoms with Crippen molar-refractivity contribution in [2.75, 3.05) is 18.4 Å². The summed E-state index contributed by atoms with van der Waals surface area (Å²) in [5, 5.41) is 3.09. The van der Waals surface area contributed by atoms with Gasteiger partial charge in [0.1, 0.15) is 0 Å². The lowest BCUT2D eigenvalue weighted by atomic mass is 10.3. The van der Waals surface area contributed by atoms with Crippen LogP contribution in [0.2, 0.25) is 0 Å². The van der Waals surface area contributed by atoms with Crippen molar-refractivity contribution in [3.05, 3.63) is 24.3 Å². The second kappa shape index (κ2) is 5.03. The fraction of sp³-hybridized carbons (Fsp3) is 0.455. The van der Waals surface area contributed by atoms with Gasteiger partial charge < -0.3 is 11.1 Å². The predicted molar refractivity (Wildman–Crippen MR) is 67.3 cm³/mol. The number of hydrogen-bond donors (Lipinski definition) is 3. The summed E-state index contributed by atoms with van der Waals surface area (Å²) in [6.07, 6.45) is 1.88. The lowest BCUT2D eigenvalue weighted by Crippen LogP contribution is -2.25. The number of anilines is 1. The Bertz CT molecular complexity index is 466. The van der Waals surface area contributed by atoms with Crippen LogP contribution in [0, 0.1) is 0 Å². The van der Waals surface area contributed by atoms with Gasteiger partial charge in [-0.05, 0) is 37.1 Å². The lowest BCUT2D eigenvalue weighted by Gasteiger charge is -2.07. The summed E-state index contributed by atoms with van der Waals surface area (Å²) >= 11 is 0. The van der Waals surface area contributed by atoms with Crippen LogP contribution in [0.15, 0.2) is 29.2 Å². The average Bonchev–Trinajstić information content (AvgIpc) is 3.10. The normalized spacial score (nSPS) is 15.8. The molecule has 1 aromatic rings. The van der Waals surface area contributed by atoms with Crippen LogP contribution in [0.25, 0.3) is 0 Å². The standard InChI is InChI=1S/C11H17N3O2S/c12-7-8-13-9-3-5-11(6-4-9)17(15,16)14-10-1-2-10/h3-6,10,13-14H,1-2,7-8,12H2. The molecule has 0 aliphatic heterocycles. The van der Waals surface area contributed by atoms with Crippen molar-refractivity contribution < 1.29 is 8.42 Å². The summed E-state index contributed by atoms with van der Waals surface area (Å²) in [6.45, 7) is 1.22. The van der Waals surface area contributed by atoms with Crippen molar-refractivity contribution in [1.29, 1.82) is 0 Å². The Kier molecular flexibility index (Phi) is 3.66. The first kappa shape index (κ1) is 12.3. The Labute approximate surface area is 101 Å². The van der Waals surface area contributed by atoms with Gasteiger partial charge >= 0.3 is 0 Å². The van der Waals surface area contributed by atoms with Gasteiger partial charge in [0.2, 0.25) is 10.0 Å². The van der Waals surface area contributed by atoms with E-state index in [-0.39, 0.29) is 6.04 Å². The van der Waals surface area contributed by atoms with Crippen LogP contribution in [0.4, 0.5) is 5.69 Å². The Balaban J connectivity index is 2.05. The largest absolute Gasteiger partial charge is 0.384 e. The molecule has 1 aliphatic rings. The van der Waals surface area contributed by atoms with Crippen LogP contribution in [-0.4, -0.2) is 27.5 Å². The smallest absolute Gasteiger partial charge is 0.240 e. The van der Waals surface area contributed by atoms with E-state index in [9.17, 15) is 8.42 Å². The maximum absolute atomic E-state index is 11.9. The van der Waals surface area contributed by atoms with E-state index >= 15 is 0 Å². The van der Waals surface area contributed by atoms with Crippen LogP contribution in [-0.2, 0) is 10.0 Å². The molecular weight excluding hydrogens is 238 g/mol. The van der Waals surface area contributed by atoms with Crippen LogP contribution >= 0.6 is 0 Å². The van der Waals surface area contributed by atoms with E-state index in [1.54, 1.807) is 24.3 Å². The number of nitrogens with two attached hydrogens (primary N) is 1. The highest BCUT2D eigenvalue weighted by Crippen LogP contribution is 2.22. The molecule has 5 nitrogen and oxygen atoms in total. The van der Waals surface area contributed by atoms with Crippen LogP contribution in [0.1, 0.15) is 12.8 Å². The third-order valence-electron chi connectivity index (χ3n) is 2.54. The molecule has 17 heavy (non-hydrogen) atoms. The molecule has 0 saturated heterocycles. The van der Waals surface area contributed by atoms with E-state index in [1.165, 1.54) is 0 Å². The second-order valence-corrected chi connectivity index (χ2v) is 5.85. The topological polar surface area (TPSA) is 84.2 Å². The van der Waals surface area contributed by atoms with E-state index in [1.807, 2.05) is 0 Å². The summed E-state index contributed by atoms with van der Waals surface area (Å²) in [7, 11) is -3.34. The molecule has 0 heterocycles. The van der Waals surface area contributed by atoms with Crippen molar-refractivity contribution >= 4 is 15.7 Å². The lowest BCUT2D eigenvalue weighted by molar-refractivity contribution is 0.581. The summed E-state index contributed by atoms with van der Waals surface area (Å²) in [5.74, 6) is 0. The molecule has 2 rings (SSSR count).